The van der Waals surface area contributed by atoms with Crippen molar-refractivity contribution in [3.8, 4) is 0 Å². The van der Waals surface area contributed by atoms with E-state index in [-0.39, 0.29) is 5.91 Å². The summed E-state index contributed by atoms with van der Waals surface area (Å²) in [5.41, 5.74) is 4.80. The number of nitrogens with one attached hydrogen (secondary N) is 1. The molecule has 1 aliphatic heterocycles. The zero-order chi connectivity index (χ0) is 15.5. The van der Waals surface area contributed by atoms with E-state index < -0.39 is 0 Å². The normalized spacial score (nSPS) is 15.2. The van der Waals surface area contributed by atoms with Gasteiger partial charge in [0.05, 0.1) is 0 Å². The van der Waals surface area contributed by atoms with Gasteiger partial charge in [0.2, 0.25) is 5.91 Å². The highest BCUT2D eigenvalue weighted by Gasteiger charge is 2.18. The van der Waals surface area contributed by atoms with Gasteiger partial charge in [0.1, 0.15) is 0 Å². The highest BCUT2D eigenvalue weighted by atomic mass is 16.2. The number of hydrogen-bond acceptors (Lipinski definition) is 1. The zero-order valence-electron chi connectivity index (χ0n) is 13.1. The number of carbonyl (C=O) groups excluding carboxylic acids is 1. The van der Waals surface area contributed by atoms with Crippen molar-refractivity contribution in [2.45, 2.75) is 32.6 Å². The van der Waals surface area contributed by atoms with Gasteiger partial charge in [-0.2, -0.15) is 0 Å². The molecular formula is C19H22N2O. The number of H-pyrrole nitrogens is 1. The molecule has 0 atom stereocenters. The minimum atomic E-state index is 0.234. The summed E-state index contributed by atoms with van der Waals surface area (Å²) in [6, 6.07) is 8.28. The van der Waals surface area contributed by atoms with Gasteiger partial charge in [-0.25, -0.2) is 0 Å². The molecular weight excluding hydrogens is 272 g/mol. The largest absolute Gasteiger partial charge is 0.355 e. The molecule has 3 rings (SSSR count). The van der Waals surface area contributed by atoms with Crippen molar-refractivity contribution in [3.05, 3.63) is 53.9 Å². The molecule has 0 saturated carbocycles. The van der Waals surface area contributed by atoms with E-state index in [4.69, 9.17) is 0 Å². The lowest BCUT2D eigenvalue weighted by Gasteiger charge is -2.24. The molecule has 2 aromatic rings. The van der Waals surface area contributed by atoms with Crippen molar-refractivity contribution in [1.29, 1.82) is 0 Å². The number of nitrogens with zero attached hydrogens (tertiary/aromatic N) is 1. The third-order valence-corrected chi connectivity index (χ3v) is 4.43. The molecule has 1 aromatic carbocycles. The smallest absolute Gasteiger partial charge is 0.226 e. The van der Waals surface area contributed by atoms with Gasteiger partial charge in [-0.3, -0.25) is 4.79 Å². The lowest BCUT2D eigenvalue weighted by Crippen LogP contribution is -2.31. The summed E-state index contributed by atoms with van der Waals surface area (Å²) in [6.07, 6.45) is 7.33. The van der Waals surface area contributed by atoms with Crippen LogP contribution in [0.3, 0.4) is 0 Å². The molecule has 2 heterocycles. The van der Waals surface area contributed by atoms with Crippen molar-refractivity contribution >= 4 is 22.9 Å². The average molecular weight is 294 g/mol. The monoisotopic (exact) mass is 294 g/mol. The summed E-state index contributed by atoms with van der Waals surface area (Å²) in [5.74, 6) is 0.234. The highest BCUT2D eigenvalue weighted by Crippen LogP contribution is 2.25. The van der Waals surface area contributed by atoms with Crippen molar-refractivity contribution < 1.29 is 4.79 Å². The molecule has 1 amide bonds. The molecule has 0 unspecified atom stereocenters. The summed E-state index contributed by atoms with van der Waals surface area (Å²) in [6.45, 7) is 6.77. The van der Waals surface area contributed by atoms with Crippen molar-refractivity contribution in [2.24, 2.45) is 0 Å². The third-order valence-electron chi connectivity index (χ3n) is 4.43. The number of benzene rings is 1. The Morgan fingerprint density at radius 1 is 1.32 bits per heavy atom. The standard InChI is InChI=1S/C19H22N2O/c1-3-14-9-10-19(22)21(13-14)12-11-16-15-7-5-6-8-18(15)20-17(16)4-2/h4-8,13,20H,2-3,9-12H2,1H3. The summed E-state index contributed by atoms with van der Waals surface area (Å²) in [7, 11) is 0. The van der Waals surface area contributed by atoms with Gasteiger partial charge in [-0.1, -0.05) is 37.3 Å². The van der Waals surface area contributed by atoms with E-state index in [1.54, 1.807) is 0 Å². The molecule has 0 spiro atoms. The maximum absolute atomic E-state index is 12.1. The van der Waals surface area contributed by atoms with E-state index >= 15 is 0 Å². The predicted octanol–water partition coefficient (Wildman–Crippen LogP) is 4.27. The first kappa shape index (κ1) is 14.6. The number of aromatic amines is 1. The maximum Gasteiger partial charge on any atom is 0.226 e. The van der Waals surface area contributed by atoms with Gasteiger partial charge in [-0.05, 0) is 37.0 Å². The molecule has 0 saturated heterocycles. The van der Waals surface area contributed by atoms with Crippen LogP contribution in [0, 0.1) is 0 Å². The first-order valence-corrected chi connectivity index (χ1v) is 7.94. The van der Waals surface area contributed by atoms with Crippen LogP contribution in [-0.2, 0) is 11.2 Å². The number of allylic oxidation sites excluding steroid dienone is 1. The first-order chi connectivity index (χ1) is 10.7. The predicted molar refractivity (Wildman–Crippen MR) is 91.4 cm³/mol. The maximum atomic E-state index is 12.1. The van der Waals surface area contributed by atoms with E-state index in [0.717, 1.165) is 37.0 Å². The number of fused-ring (bicyclic) bond motifs is 1. The molecule has 0 bridgehead atoms. The van der Waals surface area contributed by atoms with E-state index in [2.05, 4.69) is 30.6 Å². The highest BCUT2D eigenvalue weighted by molar-refractivity contribution is 5.87. The Balaban J connectivity index is 1.84. The Kier molecular flexibility index (Phi) is 4.14. The molecule has 0 radical (unpaired) electrons. The lowest BCUT2D eigenvalue weighted by molar-refractivity contribution is -0.129. The van der Waals surface area contributed by atoms with Crippen LogP contribution in [0.2, 0.25) is 0 Å². The fourth-order valence-corrected chi connectivity index (χ4v) is 3.12. The van der Waals surface area contributed by atoms with Gasteiger partial charge in [0, 0.05) is 35.8 Å². The zero-order valence-corrected chi connectivity index (χ0v) is 13.1. The quantitative estimate of drug-likeness (QED) is 0.878. The second kappa shape index (κ2) is 6.22. The summed E-state index contributed by atoms with van der Waals surface area (Å²) >= 11 is 0. The SMILES string of the molecule is C=Cc1[nH]c2ccccc2c1CCN1C=C(CC)CCC1=O. The number of para-hydroxylation sites is 1. The third kappa shape index (κ3) is 2.71. The topological polar surface area (TPSA) is 36.1 Å². The fourth-order valence-electron chi connectivity index (χ4n) is 3.12. The summed E-state index contributed by atoms with van der Waals surface area (Å²) in [4.78, 5) is 17.4. The van der Waals surface area contributed by atoms with Crippen molar-refractivity contribution in [1.82, 2.24) is 9.88 Å². The second-order valence-electron chi connectivity index (χ2n) is 5.74. The van der Waals surface area contributed by atoms with E-state index in [0.29, 0.717) is 6.42 Å². The number of rotatable bonds is 5. The number of amides is 1. The van der Waals surface area contributed by atoms with E-state index in [9.17, 15) is 4.79 Å². The Morgan fingerprint density at radius 2 is 2.14 bits per heavy atom. The van der Waals surface area contributed by atoms with Gasteiger partial charge in [0.15, 0.2) is 0 Å². The van der Waals surface area contributed by atoms with Crippen LogP contribution < -0.4 is 0 Å². The number of carbonyl (C=O) groups is 1. The fraction of sp³-hybridized carbons (Fsp3) is 0.316. The average Bonchev–Trinajstić information content (AvgIpc) is 2.92. The van der Waals surface area contributed by atoms with E-state index in [1.165, 1.54) is 16.5 Å². The second-order valence-corrected chi connectivity index (χ2v) is 5.74. The Hall–Kier alpha value is -2.29. The minimum absolute atomic E-state index is 0.234. The Morgan fingerprint density at radius 3 is 2.91 bits per heavy atom. The molecule has 0 fully saturated rings. The molecule has 1 aliphatic rings. The van der Waals surface area contributed by atoms with Crippen LogP contribution >= 0.6 is 0 Å². The van der Waals surface area contributed by atoms with Gasteiger partial charge in [0.25, 0.3) is 0 Å². The molecule has 3 nitrogen and oxygen atoms in total. The van der Waals surface area contributed by atoms with Crippen LogP contribution in [-0.4, -0.2) is 22.3 Å². The summed E-state index contributed by atoms with van der Waals surface area (Å²) in [5, 5.41) is 1.22. The van der Waals surface area contributed by atoms with Crippen molar-refractivity contribution in [3.63, 3.8) is 0 Å². The Bertz CT molecular complexity index is 739. The van der Waals surface area contributed by atoms with Gasteiger partial charge < -0.3 is 9.88 Å². The van der Waals surface area contributed by atoms with Crippen LogP contribution in [0.15, 0.2) is 42.6 Å². The summed E-state index contributed by atoms with van der Waals surface area (Å²) < 4.78 is 0. The van der Waals surface area contributed by atoms with E-state index in [1.807, 2.05) is 29.3 Å². The molecule has 1 N–H and O–H groups in total. The van der Waals surface area contributed by atoms with Crippen molar-refractivity contribution in [2.75, 3.05) is 6.54 Å². The van der Waals surface area contributed by atoms with Crippen LogP contribution in [0.1, 0.15) is 37.4 Å². The Labute approximate surface area is 131 Å². The number of hydrogen-bond donors (Lipinski definition) is 1. The lowest BCUT2D eigenvalue weighted by atomic mass is 10.0. The van der Waals surface area contributed by atoms with Gasteiger partial charge >= 0.3 is 0 Å². The van der Waals surface area contributed by atoms with Crippen LogP contribution in [0.25, 0.3) is 17.0 Å². The molecule has 0 aliphatic carbocycles. The van der Waals surface area contributed by atoms with Crippen LogP contribution in [0.4, 0.5) is 0 Å². The first-order valence-electron chi connectivity index (χ1n) is 7.94. The molecule has 114 valence electrons. The van der Waals surface area contributed by atoms with Gasteiger partial charge in [-0.15, -0.1) is 0 Å². The number of aromatic nitrogens is 1. The molecule has 22 heavy (non-hydrogen) atoms. The molecule has 3 heteroatoms. The molecule has 1 aromatic heterocycles. The minimum Gasteiger partial charge on any atom is -0.355 e. The van der Waals surface area contributed by atoms with Crippen LogP contribution in [0.5, 0.6) is 0 Å².